The van der Waals surface area contributed by atoms with E-state index in [9.17, 15) is 14.9 Å². The first kappa shape index (κ1) is 25.3. The summed E-state index contributed by atoms with van der Waals surface area (Å²) >= 11 is 8.89. The van der Waals surface area contributed by atoms with Gasteiger partial charge in [-0.2, -0.15) is 0 Å². The monoisotopic (exact) mass is 524 g/mol. The van der Waals surface area contributed by atoms with Crippen LogP contribution in [-0.4, -0.2) is 46.9 Å². The van der Waals surface area contributed by atoms with Crippen molar-refractivity contribution < 1.29 is 9.72 Å². The Bertz CT molecular complexity index is 1300. The van der Waals surface area contributed by atoms with E-state index >= 15 is 0 Å². The second-order valence-corrected chi connectivity index (χ2v) is 9.71. The molecule has 0 spiro atoms. The van der Waals surface area contributed by atoms with Crippen molar-refractivity contribution in [2.75, 3.05) is 31.1 Å². The number of halogens is 2. The van der Waals surface area contributed by atoms with Crippen molar-refractivity contribution in [2.24, 2.45) is 0 Å². The van der Waals surface area contributed by atoms with Gasteiger partial charge in [-0.15, -0.1) is 23.7 Å². The van der Waals surface area contributed by atoms with Crippen molar-refractivity contribution in [3.05, 3.63) is 62.5 Å². The second kappa shape index (κ2) is 10.8. The summed E-state index contributed by atoms with van der Waals surface area (Å²) in [6, 6.07) is 11.9. The number of rotatable bonds is 8. The molecule has 0 aliphatic rings. The maximum atomic E-state index is 13.6. The number of fused-ring (bicyclic) bond motifs is 2. The van der Waals surface area contributed by atoms with Crippen LogP contribution in [0.3, 0.4) is 0 Å². The fraction of sp³-hybridized carbons (Fsp3) is 0.273. The highest BCUT2D eigenvalue weighted by molar-refractivity contribution is 7.23. The average molecular weight is 525 g/mol. The zero-order valence-corrected chi connectivity index (χ0v) is 21.2. The van der Waals surface area contributed by atoms with E-state index in [1.54, 1.807) is 23.1 Å². The molecule has 0 N–H and O–H groups in total. The summed E-state index contributed by atoms with van der Waals surface area (Å²) in [6.07, 6.45) is 0. The van der Waals surface area contributed by atoms with E-state index in [0.717, 1.165) is 28.0 Å². The smallest absolute Gasteiger partial charge is 0.270 e. The standard InChI is InChI=1S/C22H21ClN4O3S2.ClH/c1-3-25(4-2)9-10-26(22-24-17-7-5-15(23)13-19(17)32-22)21(28)20-12-14-11-16(27(29)30)6-8-18(14)31-20;/h5-8,11-13H,3-4,9-10H2,1-2H3;1H. The number of nitrogens with zero attached hydrogens (tertiary/aromatic N) is 4. The Kier molecular flexibility index (Phi) is 8.25. The number of carbonyl (C=O) groups is 1. The van der Waals surface area contributed by atoms with Crippen LogP contribution in [0, 0.1) is 10.1 Å². The van der Waals surface area contributed by atoms with Crippen LogP contribution < -0.4 is 4.90 Å². The number of nitro benzene ring substituents is 1. The second-order valence-electron chi connectivity index (χ2n) is 7.18. The summed E-state index contributed by atoms with van der Waals surface area (Å²) in [5, 5.41) is 13.0. The van der Waals surface area contributed by atoms with E-state index in [1.807, 2.05) is 12.1 Å². The highest BCUT2D eigenvalue weighted by atomic mass is 35.5. The highest BCUT2D eigenvalue weighted by Crippen LogP contribution is 2.34. The van der Waals surface area contributed by atoms with Gasteiger partial charge in [0.1, 0.15) is 0 Å². The van der Waals surface area contributed by atoms with Crippen LogP contribution in [0.4, 0.5) is 10.8 Å². The Labute approximate surface area is 210 Å². The fourth-order valence-corrected chi connectivity index (χ4v) is 5.71. The van der Waals surface area contributed by atoms with Gasteiger partial charge in [0.25, 0.3) is 11.6 Å². The SMILES string of the molecule is CCN(CC)CCN(C(=O)c1cc2cc([N+](=O)[O-])ccc2s1)c1nc2ccc(Cl)cc2s1.Cl. The van der Waals surface area contributed by atoms with Gasteiger partial charge >= 0.3 is 0 Å². The van der Waals surface area contributed by atoms with Crippen LogP contribution in [-0.2, 0) is 0 Å². The van der Waals surface area contributed by atoms with Gasteiger partial charge in [-0.3, -0.25) is 19.8 Å². The number of nitro groups is 1. The Morgan fingerprint density at radius 3 is 2.52 bits per heavy atom. The number of hydrogen-bond acceptors (Lipinski definition) is 7. The minimum absolute atomic E-state index is 0. The summed E-state index contributed by atoms with van der Waals surface area (Å²) in [5.74, 6) is -0.161. The molecule has 2 aromatic heterocycles. The summed E-state index contributed by atoms with van der Waals surface area (Å²) in [6.45, 7) is 7.16. The van der Waals surface area contributed by atoms with E-state index < -0.39 is 4.92 Å². The summed E-state index contributed by atoms with van der Waals surface area (Å²) in [5.41, 5.74) is 0.803. The summed E-state index contributed by atoms with van der Waals surface area (Å²) in [4.78, 5) is 33.4. The van der Waals surface area contributed by atoms with Crippen molar-refractivity contribution in [3.8, 4) is 0 Å². The lowest BCUT2D eigenvalue weighted by molar-refractivity contribution is -0.384. The minimum Gasteiger partial charge on any atom is -0.302 e. The Morgan fingerprint density at radius 1 is 1.06 bits per heavy atom. The van der Waals surface area contributed by atoms with E-state index in [-0.39, 0.29) is 24.0 Å². The number of anilines is 1. The number of thiophene rings is 1. The molecule has 7 nitrogen and oxygen atoms in total. The molecule has 4 aromatic rings. The molecule has 0 saturated carbocycles. The van der Waals surface area contributed by atoms with Crippen molar-refractivity contribution in [1.29, 1.82) is 0 Å². The fourth-order valence-electron chi connectivity index (χ4n) is 3.45. The van der Waals surface area contributed by atoms with E-state index in [4.69, 9.17) is 11.6 Å². The van der Waals surface area contributed by atoms with E-state index in [1.165, 1.54) is 34.8 Å². The van der Waals surface area contributed by atoms with Gasteiger partial charge in [0, 0.05) is 40.3 Å². The molecule has 0 aliphatic heterocycles. The number of benzene rings is 2. The van der Waals surface area contributed by atoms with Crippen LogP contribution in [0.2, 0.25) is 5.02 Å². The van der Waals surface area contributed by atoms with Crippen molar-refractivity contribution in [1.82, 2.24) is 9.88 Å². The third kappa shape index (κ3) is 5.44. The number of likely N-dealkylation sites (N-methyl/N-ethyl adjacent to an activating group) is 1. The molecular weight excluding hydrogens is 503 g/mol. The largest absolute Gasteiger partial charge is 0.302 e. The normalized spacial score (nSPS) is 11.2. The van der Waals surface area contributed by atoms with Crippen LogP contribution in [0.5, 0.6) is 0 Å². The molecule has 2 aromatic carbocycles. The molecule has 4 rings (SSSR count). The van der Waals surface area contributed by atoms with Gasteiger partial charge in [0.05, 0.1) is 20.0 Å². The first-order valence-corrected chi connectivity index (χ1v) is 12.2. The maximum absolute atomic E-state index is 13.6. The molecule has 0 unspecified atom stereocenters. The third-order valence-corrected chi connectivity index (χ3v) is 7.65. The molecule has 0 aliphatic carbocycles. The number of hydrogen-bond donors (Lipinski definition) is 0. The van der Waals surface area contributed by atoms with Gasteiger partial charge in [-0.1, -0.05) is 36.8 Å². The Hall–Kier alpha value is -2.30. The Balaban J connectivity index is 0.00000306. The number of aromatic nitrogens is 1. The lowest BCUT2D eigenvalue weighted by Crippen LogP contribution is -2.38. The molecule has 2 heterocycles. The zero-order valence-electron chi connectivity index (χ0n) is 18.0. The van der Waals surface area contributed by atoms with E-state index in [2.05, 4.69) is 23.7 Å². The summed E-state index contributed by atoms with van der Waals surface area (Å²) < 4.78 is 1.75. The van der Waals surface area contributed by atoms with Crippen molar-refractivity contribution in [3.63, 3.8) is 0 Å². The molecule has 0 bridgehead atoms. The number of thiazole rings is 1. The quantitative estimate of drug-likeness (QED) is 0.194. The third-order valence-electron chi connectivity index (χ3n) is 5.27. The van der Waals surface area contributed by atoms with Gasteiger partial charge in [0.15, 0.2) is 5.13 Å². The van der Waals surface area contributed by atoms with Gasteiger partial charge in [-0.25, -0.2) is 4.98 Å². The first-order chi connectivity index (χ1) is 15.4. The van der Waals surface area contributed by atoms with Gasteiger partial charge in [-0.05, 0) is 43.4 Å². The van der Waals surface area contributed by atoms with Crippen molar-refractivity contribution >= 4 is 83.7 Å². The van der Waals surface area contributed by atoms with Crippen molar-refractivity contribution in [2.45, 2.75) is 13.8 Å². The predicted octanol–water partition coefficient (Wildman–Crippen LogP) is 6.48. The van der Waals surface area contributed by atoms with E-state index in [0.29, 0.717) is 33.5 Å². The maximum Gasteiger partial charge on any atom is 0.270 e. The van der Waals surface area contributed by atoms with Gasteiger partial charge < -0.3 is 4.90 Å². The number of carbonyl (C=O) groups excluding carboxylic acids is 1. The summed E-state index contributed by atoms with van der Waals surface area (Å²) in [7, 11) is 0. The van der Waals surface area contributed by atoms with Crippen LogP contribution in [0.25, 0.3) is 20.3 Å². The van der Waals surface area contributed by atoms with Crippen LogP contribution in [0.15, 0.2) is 42.5 Å². The topological polar surface area (TPSA) is 79.6 Å². The predicted molar refractivity (Wildman–Crippen MR) is 140 cm³/mol. The highest BCUT2D eigenvalue weighted by Gasteiger charge is 2.24. The molecule has 0 saturated heterocycles. The Morgan fingerprint density at radius 2 is 1.82 bits per heavy atom. The molecule has 11 heteroatoms. The average Bonchev–Trinajstić information content (AvgIpc) is 3.39. The van der Waals surface area contributed by atoms with Crippen LogP contribution in [0.1, 0.15) is 23.5 Å². The lowest BCUT2D eigenvalue weighted by Gasteiger charge is -2.24. The molecule has 1 amide bonds. The molecule has 174 valence electrons. The van der Waals surface area contributed by atoms with Gasteiger partial charge in [0.2, 0.25) is 0 Å². The molecule has 0 atom stereocenters. The first-order valence-electron chi connectivity index (χ1n) is 10.2. The molecule has 0 radical (unpaired) electrons. The lowest BCUT2D eigenvalue weighted by atomic mass is 10.2. The van der Waals surface area contributed by atoms with Crippen LogP contribution >= 0.6 is 46.7 Å². The molecular formula is C22H22Cl2N4O3S2. The molecule has 33 heavy (non-hydrogen) atoms. The zero-order chi connectivity index (χ0) is 22.8. The minimum atomic E-state index is -0.429. The number of non-ortho nitro benzene ring substituents is 1. The number of amides is 1. The molecule has 0 fully saturated rings.